The molecule has 2 heteroatoms. The maximum absolute atomic E-state index is 10.4. The van der Waals surface area contributed by atoms with E-state index >= 15 is 0 Å². The summed E-state index contributed by atoms with van der Waals surface area (Å²) in [6.45, 7) is 0. The minimum atomic E-state index is 0.427. The van der Waals surface area contributed by atoms with Crippen molar-refractivity contribution in [1.29, 1.82) is 0 Å². The highest BCUT2D eigenvalue weighted by Crippen LogP contribution is 2.12. The summed E-state index contributed by atoms with van der Waals surface area (Å²) in [5.74, 6) is 2.38. The van der Waals surface area contributed by atoms with Gasteiger partial charge in [-0.25, -0.2) is 0 Å². The molecule has 0 radical (unpaired) electrons. The van der Waals surface area contributed by atoms with Gasteiger partial charge >= 0.3 is 0 Å². The van der Waals surface area contributed by atoms with Gasteiger partial charge in [-0.3, -0.25) is 4.79 Å². The SMILES string of the molecule is O=C1CCCSC1. The molecule has 1 fully saturated rings. The van der Waals surface area contributed by atoms with Gasteiger partial charge in [0.1, 0.15) is 5.78 Å². The molecule has 40 valence electrons. The smallest absolute Gasteiger partial charge is 0.142 e. The number of carbonyl (C=O) groups excluding carboxylic acids is 1. The van der Waals surface area contributed by atoms with Crippen molar-refractivity contribution in [3.63, 3.8) is 0 Å². The molecule has 0 N–H and O–H groups in total. The summed E-state index contributed by atoms with van der Waals surface area (Å²) in [7, 11) is 0. The zero-order valence-corrected chi connectivity index (χ0v) is 4.96. The molecule has 1 aliphatic rings. The Morgan fingerprint density at radius 1 is 1.57 bits per heavy atom. The Morgan fingerprint density at radius 2 is 2.43 bits per heavy atom. The fraction of sp³-hybridized carbons (Fsp3) is 0.800. The van der Waals surface area contributed by atoms with Crippen LogP contribution in [0.1, 0.15) is 12.8 Å². The van der Waals surface area contributed by atoms with E-state index in [2.05, 4.69) is 0 Å². The highest BCUT2D eigenvalue weighted by molar-refractivity contribution is 8.00. The van der Waals surface area contributed by atoms with Gasteiger partial charge < -0.3 is 0 Å². The second-order valence-corrected chi connectivity index (χ2v) is 2.80. The Kier molecular flexibility index (Phi) is 1.74. The summed E-state index contributed by atoms with van der Waals surface area (Å²) in [5, 5.41) is 0. The van der Waals surface area contributed by atoms with E-state index in [4.69, 9.17) is 0 Å². The maximum Gasteiger partial charge on any atom is 0.142 e. The normalized spacial score (nSPS) is 22.6. The molecule has 1 heterocycles. The Labute approximate surface area is 47.5 Å². The first-order chi connectivity index (χ1) is 3.39. The van der Waals surface area contributed by atoms with E-state index in [9.17, 15) is 4.79 Å². The zero-order chi connectivity index (χ0) is 5.11. The first kappa shape index (κ1) is 5.16. The molecule has 0 bridgehead atoms. The third-order valence-corrected chi connectivity index (χ3v) is 2.11. The van der Waals surface area contributed by atoms with Crippen LogP contribution in [0.5, 0.6) is 0 Å². The van der Waals surface area contributed by atoms with Crippen molar-refractivity contribution in [2.24, 2.45) is 0 Å². The van der Waals surface area contributed by atoms with Crippen molar-refractivity contribution in [1.82, 2.24) is 0 Å². The lowest BCUT2D eigenvalue weighted by atomic mass is 10.2. The van der Waals surface area contributed by atoms with Crippen molar-refractivity contribution < 1.29 is 4.79 Å². The Balaban J connectivity index is 2.25. The molecular formula is C5H8OS. The van der Waals surface area contributed by atoms with E-state index in [1.165, 1.54) is 5.75 Å². The second-order valence-electron chi connectivity index (χ2n) is 1.69. The highest BCUT2D eigenvalue weighted by Gasteiger charge is 2.06. The predicted octanol–water partition coefficient (Wildman–Crippen LogP) is 1.08. The number of rotatable bonds is 0. The van der Waals surface area contributed by atoms with E-state index in [0.717, 1.165) is 18.6 Å². The fourth-order valence-corrected chi connectivity index (χ4v) is 1.49. The van der Waals surface area contributed by atoms with Crippen LogP contribution in [0.4, 0.5) is 0 Å². The van der Waals surface area contributed by atoms with Crippen molar-refractivity contribution >= 4 is 17.5 Å². The largest absolute Gasteiger partial charge is 0.299 e. The predicted molar refractivity (Wildman–Crippen MR) is 31.6 cm³/mol. The summed E-state index contributed by atoms with van der Waals surface area (Å²) in [5.41, 5.74) is 0. The van der Waals surface area contributed by atoms with E-state index in [0.29, 0.717) is 5.78 Å². The summed E-state index contributed by atoms with van der Waals surface area (Å²) >= 11 is 1.75. The molecule has 1 aliphatic heterocycles. The average molecular weight is 116 g/mol. The van der Waals surface area contributed by atoms with Gasteiger partial charge in [-0.05, 0) is 12.2 Å². The van der Waals surface area contributed by atoms with E-state index in [1.807, 2.05) is 0 Å². The molecule has 0 unspecified atom stereocenters. The molecule has 0 amide bonds. The van der Waals surface area contributed by atoms with E-state index in [1.54, 1.807) is 11.8 Å². The Hall–Kier alpha value is 0.0200. The summed E-state index contributed by atoms with van der Waals surface area (Å²) < 4.78 is 0. The fourth-order valence-electron chi connectivity index (χ4n) is 0.630. The number of ketones is 1. The number of hydrogen-bond acceptors (Lipinski definition) is 2. The lowest BCUT2D eigenvalue weighted by Gasteiger charge is -2.05. The Morgan fingerprint density at radius 3 is 2.71 bits per heavy atom. The van der Waals surface area contributed by atoms with Crippen LogP contribution in [-0.4, -0.2) is 17.3 Å². The summed E-state index contributed by atoms with van der Waals surface area (Å²) in [6, 6.07) is 0. The van der Waals surface area contributed by atoms with Gasteiger partial charge in [-0.2, -0.15) is 11.8 Å². The molecule has 1 saturated heterocycles. The molecule has 0 saturated carbocycles. The third kappa shape index (κ3) is 1.51. The first-order valence-corrected chi connectivity index (χ1v) is 3.64. The Bertz CT molecular complexity index is 72.1. The van der Waals surface area contributed by atoms with Gasteiger partial charge in [0.25, 0.3) is 0 Å². The van der Waals surface area contributed by atoms with E-state index < -0.39 is 0 Å². The first-order valence-electron chi connectivity index (χ1n) is 2.49. The highest BCUT2D eigenvalue weighted by atomic mass is 32.2. The number of hydrogen-bond donors (Lipinski definition) is 0. The zero-order valence-electron chi connectivity index (χ0n) is 4.14. The van der Waals surface area contributed by atoms with Crippen molar-refractivity contribution in [3.8, 4) is 0 Å². The van der Waals surface area contributed by atoms with E-state index in [-0.39, 0.29) is 0 Å². The molecule has 0 aromatic carbocycles. The molecule has 1 nitrogen and oxygen atoms in total. The summed E-state index contributed by atoms with van der Waals surface area (Å²) in [6.07, 6.45) is 1.93. The minimum absolute atomic E-state index is 0.427. The van der Waals surface area contributed by atoms with Crippen molar-refractivity contribution in [2.75, 3.05) is 11.5 Å². The molecule has 0 aromatic heterocycles. The molecule has 1 rings (SSSR count). The van der Waals surface area contributed by atoms with Crippen LogP contribution in [0.15, 0.2) is 0 Å². The van der Waals surface area contributed by atoms with Crippen molar-refractivity contribution in [3.05, 3.63) is 0 Å². The number of thioether (sulfide) groups is 1. The van der Waals surface area contributed by atoms with Crippen LogP contribution in [0.3, 0.4) is 0 Å². The van der Waals surface area contributed by atoms with Crippen LogP contribution in [0.2, 0.25) is 0 Å². The van der Waals surface area contributed by atoms with Crippen LogP contribution in [0, 0.1) is 0 Å². The van der Waals surface area contributed by atoms with Crippen LogP contribution in [0.25, 0.3) is 0 Å². The van der Waals surface area contributed by atoms with Gasteiger partial charge in [-0.15, -0.1) is 0 Å². The van der Waals surface area contributed by atoms with Gasteiger partial charge in [0.15, 0.2) is 0 Å². The maximum atomic E-state index is 10.4. The molecule has 0 aromatic rings. The standard InChI is InChI=1S/C5H8OS/c6-5-2-1-3-7-4-5/h1-4H2. The number of Topliss-reactive ketones (excluding diaryl/α,β-unsaturated/α-hetero) is 1. The topological polar surface area (TPSA) is 17.1 Å². The van der Waals surface area contributed by atoms with Gasteiger partial charge in [0.2, 0.25) is 0 Å². The van der Waals surface area contributed by atoms with Gasteiger partial charge in [-0.1, -0.05) is 0 Å². The lowest BCUT2D eigenvalue weighted by Crippen LogP contribution is -2.07. The van der Waals surface area contributed by atoms with Gasteiger partial charge in [0, 0.05) is 6.42 Å². The van der Waals surface area contributed by atoms with Gasteiger partial charge in [0.05, 0.1) is 5.75 Å². The minimum Gasteiger partial charge on any atom is -0.299 e. The average Bonchev–Trinajstić information content (AvgIpc) is 1.69. The second kappa shape index (κ2) is 2.36. The molecule has 7 heavy (non-hydrogen) atoms. The summed E-state index contributed by atoms with van der Waals surface area (Å²) in [4.78, 5) is 10.4. The molecule has 0 aliphatic carbocycles. The third-order valence-electron chi connectivity index (χ3n) is 1.01. The molecular weight excluding hydrogens is 108 g/mol. The monoisotopic (exact) mass is 116 g/mol. The van der Waals surface area contributed by atoms with Crippen molar-refractivity contribution in [2.45, 2.75) is 12.8 Å². The lowest BCUT2D eigenvalue weighted by molar-refractivity contribution is -0.116. The molecule has 0 atom stereocenters. The molecule has 0 spiro atoms. The van der Waals surface area contributed by atoms with Crippen LogP contribution in [-0.2, 0) is 4.79 Å². The van der Waals surface area contributed by atoms with Crippen LogP contribution < -0.4 is 0 Å². The number of carbonyl (C=O) groups is 1. The quantitative estimate of drug-likeness (QED) is 0.471. The van der Waals surface area contributed by atoms with Crippen LogP contribution >= 0.6 is 11.8 Å².